The van der Waals surface area contributed by atoms with Crippen LogP contribution in [0.25, 0.3) is 11.3 Å². The monoisotopic (exact) mass is 330 g/mol. The van der Waals surface area contributed by atoms with Crippen LogP contribution in [0.2, 0.25) is 0 Å². The first-order valence-corrected chi connectivity index (χ1v) is 8.33. The van der Waals surface area contributed by atoms with Crippen LogP contribution in [0.1, 0.15) is 12.8 Å². The van der Waals surface area contributed by atoms with Crippen LogP contribution in [-0.4, -0.2) is 15.9 Å². The van der Waals surface area contributed by atoms with Gasteiger partial charge in [-0.1, -0.05) is 30.3 Å². The molecule has 0 unspecified atom stereocenters. The van der Waals surface area contributed by atoms with Crippen molar-refractivity contribution >= 4 is 23.1 Å². The first-order chi connectivity index (χ1) is 12.3. The fourth-order valence-electron chi connectivity index (χ4n) is 2.57. The fraction of sp³-hybridized carbons (Fsp3) is 0.150. The van der Waals surface area contributed by atoms with E-state index in [9.17, 15) is 4.79 Å². The second-order valence-corrected chi connectivity index (χ2v) is 6.12. The second kappa shape index (κ2) is 6.73. The molecular weight excluding hydrogens is 312 g/mol. The number of aromatic nitrogens is 2. The summed E-state index contributed by atoms with van der Waals surface area (Å²) >= 11 is 0. The summed E-state index contributed by atoms with van der Waals surface area (Å²) in [7, 11) is 0. The molecule has 1 amide bonds. The number of benzene rings is 2. The van der Waals surface area contributed by atoms with Gasteiger partial charge < -0.3 is 10.6 Å². The normalized spacial score (nSPS) is 13.3. The minimum Gasteiger partial charge on any atom is -0.340 e. The van der Waals surface area contributed by atoms with Gasteiger partial charge in [0, 0.05) is 28.9 Å². The molecule has 5 heteroatoms. The number of anilines is 3. The van der Waals surface area contributed by atoms with Gasteiger partial charge in [0.25, 0.3) is 0 Å². The number of rotatable bonds is 5. The third kappa shape index (κ3) is 3.83. The van der Waals surface area contributed by atoms with Gasteiger partial charge in [0.1, 0.15) is 12.1 Å². The molecule has 2 N–H and O–H groups in total. The van der Waals surface area contributed by atoms with Crippen LogP contribution in [0, 0.1) is 5.92 Å². The molecule has 1 heterocycles. The number of carbonyl (C=O) groups is 1. The van der Waals surface area contributed by atoms with Gasteiger partial charge in [-0.3, -0.25) is 4.79 Å². The molecule has 0 spiro atoms. The van der Waals surface area contributed by atoms with Crippen LogP contribution in [0.5, 0.6) is 0 Å². The topological polar surface area (TPSA) is 66.9 Å². The predicted octanol–water partition coefficient (Wildman–Crippen LogP) is 4.24. The van der Waals surface area contributed by atoms with Gasteiger partial charge >= 0.3 is 0 Å². The molecule has 0 bridgehead atoms. The Labute approximate surface area is 146 Å². The number of amides is 1. The average Bonchev–Trinajstić information content (AvgIpc) is 3.50. The van der Waals surface area contributed by atoms with E-state index in [4.69, 9.17) is 0 Å². The number of hydrogen-bond donors (Lipinski definition) is 2. The van der Waals surface area contributed by atoms with Gasteiger partial charge in [-0.25, -0.2) is 9.97 Å². The number of hydrogen-bond acceptors (Lipinski definition) is 4. The van der Waals surface area contributed by atoms with Crippen molar-refractivity contribution in [1.82, 2.24) is 9.97 Å². The third-order valence-electron chi connectivity index (χ3n) is 4.11. The van der Waals surface area contributed by atoms with Crippen LogP contribution < -0.4 is 10.6 Å². The molecule has 2 aromatic carbocycles. The maximum absolute atomic E-state index is 11.8. The van der Waals surface area contributed by atoms with Crippen LogP contribution in [-0.2, 0) is 4.79 Å². The molecule has 0 radical (unpaired) electrons. The Kier molecular flexibility index (Phi) is 4.12. The smallest absolute Gasteiger partial charge is 0.227 e. The van der Waals surface area contributed by atoms with Gasteiger partial charge in [0.05, 0.1) is 5.69 Å². The maximum Gasteiger partial charge on any atom is 0.227 e. The SMILES string of the molecule is O=C(Nc1ccc(Nc2cc(-c3ccccc3)ncn2)cc1)C1CC1. The molecule has 0 saturated heterocycles. The van der Waals surface area contributed by atoms with E-state index >= 15 is 0 Å². The van der Waals surface area contributed by atoms with Gasteiger partial charge in [0.2, 0.25) is 5.91 Å². The predicted molar refractivity (Wildman–Crippen MR) is 98.5 cm³/mol. The molecule has 25 heavy (non-hydrogen) atoms. The van der Waals surface area contributed by atoms with Crippen molar-refractivity contribution < 1.29 is 4.79 Å². The molecule has 1 fully saturated rings. The van der Waals surface area contributed by atoms with Gasteiger partial charge in [-0.2, -0.15) is 0 Å². The Morgan fingerprint density at radius 2 is 1.64 bits per heavy atom. The number of nitrogens with one attached hydrogen (secondary N) is 2. The second-order valence-electron chi connectivity index (χ2n) is 6.12. The molecule has 1 aliphatic rings. The summed E-state index contributed by atoms with van der Waals surface area (Å²) in [6, 6.07) is 19.5. The van der Waals surface area contributed by atoms with E-state index in [2.05, 4.69) is 20.6 Å². The van der Waals surface area contributed by atoms with Crippen molar-refractivity contribution in [2.45, 2.75) is 12.8 Å². The van der Waals surface area contributed by atoms with E-state index in [0.29, 0.717) is 0 Å². The standard InChI is InChI=1S/C20H18N4O/c25-20(15-6-7-15)24-17-10-8-16(9-11-17)23-19-12-18(21-13-22-19)14-4-2-1-3-5-14/h1-5,8-13,15H,6-7H2,(H,24,25)(H,21,22,23). The third-order valence-corrected chi connectivity index (χ3v) is 4.11. The highest BCUT2D eigenvalue weighted by atomic mass is 16.2. The molecule has 3 aromatic rings. The molecule has 1 aromatic heterocycles. The molecular formula is C20H18N4O. The first kappa shape index (κ1) is 15.3. The summed E-state index contributed by atoms with van der Waals surface area (Å²) in [5.41, 5.74) is 3.63. The summed E-state index contributed by atoms with van der Waals surface area (Å²) in [6.45, 7) is 0. The van der Waals surface area contributed by atoms with Crippen LogP contribution in [0.3, 0.4) is 0 Å². The number of carbonyl (C=O) groups excluding carboxylic acids is 1. The highest BCUT2D eigenvalue weighted by molar-refractivity contribution is 5.94. The maximum atomic E-state index is 11.8. The van der Waals surface area contributed by atoms with Crippen molar-refractivity contribution in [3.63, 3.8) is 0 Å². The van der Waals surface area contributed by atoms with E-state index in [1.165, 1.54) is 0 Å². The lowest BCUT2D eigenvalue weighted by atomic mass is 10.1. The van der Waals surface area contributed by atoms with Crippen molar-refractivity contribution in [2.24, 2.45) is 5.92 Å². The lowest BCUT2D eigenvalue weighted by Gasteiger charge is -2.09. The zero-order chi connectivity index (χ0) is 17.1. The lowest BCUT2D eigenvalue weighted by molar-refractivity contribution is -0.117. The van der Waals surface area contributed by atoms with Crippen LogP contribution >= 0.6 is 0 Å². The Hall–Kier alpha value is -3.21. The molecule has 4 rings (SSSR count). The molecule has 0 atom stereocenters. The van der Waals surface area contributed by atoms with Crippen molar-refractivity contribution in [1.29, 1.82) is 0 Å². The van der Waals surface area contributed by atoms with Crippen LogP contribution in [0.4, 0.5) is 17.2 Å². The summed E-state index contributed by atoms with van der Waals surface area (Å²) in [6.07, 6.45) is 3.56. The van der Waals surface area contributed by atoms with E-state index in [1.54, 1.807) is 6.33 Å². The van der Waals surface area contributed by atoms with Crippen molar-refractivity contribution in [3.05, 3.63) is 67.0 Å². The molecule has 5 nitrogen and oxygen atoms in total. The fourth-order valence-corrected chi connectivity index (χ4v) is 2.57. The number of nitrogens with zero attached hydrogens (tertiary/aromatic N) is 2. The minimum absolute atomic E-state index is 0.115. The molecule has 124 valence electrons. The molecule has 1 aliphatic carbocycles. The highest BCUT2D eigenvalue weighted by Gasteiger charge is 2.29. The van der Waals surface area contributed by atoms with E-state index < -0.39 is 0 Å². The van der Waals surface area contributed by atoms with Crippen molar-refractivity contribution in [2.75, 3.05) is 10.6 Å². The largest absolute Gasteiger partial charge is 0.340 e. The Balaban J connectivity index is 1.46. The zero-order valence-electron chi connectivity index (χ0n) is 13.6. The van der Waals surface area contributed by atoms with Crippen LogP contribution in [0.15, 0.2) is 67.0 Å². The average molecular weight is 330 g/mol. The van der Waals surface area contributed by atoms with E-state index in [0.717, 1.165) is 41.3 Å². The van der Waals surface area contributed by atoms with Gasteiger partial charge in [0.15, 0.2) is 0 Å². The summed E-state index contributed by atoms with van der Waals surface area (Å²) in [5, 5.41) is 6.20. The first-order valence-electron chi connectivity index (χ1n) is 8.33. The molecule has 0 aliphatic heterocycles. The molecule has 1 saturated carbocycles. The minimum atomic E-state index is 0.115. The quantitative estimate of drug-likeness (QED) is 0.734. The lowest BCUT2D eigenvalue weighted by Crippen LogP contribution is -2.13. The summed E-state index contributed by atoms with van der Waals surface area (Å²) in [4.78, 5) is 20.4. The van der Waals surface area contributed by atoms with Gasteiger partial charge in [-0.05, 0) is 37.1 Å². The highest BCUT2D eigenvalue weighted by Crippen LogP contribution is 2.30. The Bertz CT molecular complexity index is 874. The Morgan fingerprint density at radius 1 is 0.920 bits per heavy atom. The zero-order valence-corrected chi connectivity index (χ0v) is 13.6. The summed E-state index contributed by atoms with van der Waals surface area (Å²) in [5.74, 6) is 1.04. The van der Waals surface area contributed by atoms with E-state index in [-0.39, 0.29) is 11.8 Å². The van der Waals surface area contributed by atoms with E-state index in [1.807, 2.05) is 60.7 Å². The van der Waals surface area contributed by atoms with Crippen molar-refractivity contribution in [3.8, 4) is 11.3 Å². The Morgan fingerprint density at radius 3 is 2.36 bits per heavy atom. The van der Waals surface area contributed by atoms with Gasteiger partial charge in [-0.15, -0.1) is 0 Å². The summed E-state index contributed by atoms with van der Waals surface area (Å²) < 4.78 is 0.